The van der Waals surface area contributed by atoms with Crippen molar-refractivity contribution in [2.45, 2.75) is 40.0 Å². The standard InChI is InChI=1S/C10H23N/c1-5-10(3)8-7-9-11(4)6-2/h10H,5-9H2,1-4H3/t10-/m1/s1. The van der Waals surface area contributed by atoms with Crippen LogP contribution in [0.4, 0.5) is 0 Å². The molecule has 1 atom stereocenters. The molecule has 0 saturated carbocycles. The van der Waals surface area contributed by atoms with Crippen LogP contribution in [0.1, 0.15) is 40.0 Å². The fourth-order valence-electron chi connectivity index (χ4n) is 1.07. The summed E-state index contributed by atoms with van der Waals surface area (Å²) in [5, 5.41) is 0. The Morgan fingerprint density at radius 2 is 1.91 bits per heavy atom. The summed E-state index contributed by atoms with van der Waals surface area (Å²) in [6.07, 6.45) is 4.08. The van der Waals surface area contributed by atoms with Crippen LogP contribution in [0.3, 0.4) is 0 Å². The molecule has 0 aliphatic rings. The first-order valence-electron chi connectivity index (χ1n) is 4.89. The van der Waals surface area contributed by atoms with Gasteiger partial charge in [0.2, 0.25) is 0 Å². The summed E-state index contributed by atoms with van der Waals surface area (Å²) in [7, 11) is 2.19. The Bertz CT molecular complexity index is 70.9. The lowest BCUT2D eigenvalue weighted by Gasteiger charge is -2.14. The Kier molecular flexibility index (Phi) is 6.63. The van der Waals surface area contributed by atoms with Gasteiger partial charge in [-0.05, 0) is 38.9 Å². The first-order valence-corrected chi connectivity index (χ1v) is 4.89. The summed E-state index contributed by atoms with van der Waals surface area (Å²) in [5.41, 5.74) is 0. The quantitative estimate of drug-likeness (QED) is 0.573. The van der Waals surface area contributed by atoms with Crippen molar-refractivity contribution in [3.05, 3.63) is 0 Å². The molecule has 0 fully saturated rings. The van der Waals surface area contributed by atoms with Crippen LogP contribution in [0, 0.1) is 5.92 Å². The van der Waals surface area contributed by atoms with E-state index in [9.17, 15) is 0 Å². The minimum Gasteiger partial charge on any atom is -0.307 e. The zero-order valence-corrected chi connectivity index (χ0v) is 8.56. The number of hydrogen-bond donors (Lipinski definition) is 0. The van der Waals surface area contributed by atoms with Crippen molar-refractivity contribution in [2.24, 2.45) is 5.92 Å². The fraction of sp³-hybridized carbons (Fsp3) is 1.00. The molecule has 0 radical (unpaired) electrons. The van der Waals surface area contributed by atoms with Crippen LogP contribution in [0.15, 0.2) is 0 Å². The van der Waals surface area contributed by atoms with Crippen molar-refractivity contribution in [2.75, 3.05) is 20.1 Å². The molecule has 0 amide bonds. The van der Waals surface area contributed by atoms with Crippen molar-refractivity contribution in [3.8, 4) is 0 Å². The van der Waals surface area contributed by atoms with Gasteiger partial charge >= 0.3 is 0 Å². The van der Waals surface area contributed by atoms with E-state index in [1.54, 1.807) is 0 Å². The first-order chi connectivity index (χ1) is 5.20. The highest BCUT2D eigenvalue weighted by atomic mass is 15.1. The second-order valence-electron chi connectivity index (χ2n) is 3.55. The van der Waals surface area contributed by atoms with Gasteiger partial charge in [0.05, 0.1) is 0 Å². The van der Waals surface area contributed by atoms with Crippen LogP contribution >= 0.6 is 0 Å². The monoisotopic (exact) mass is 157 g/mol. The molecule has 0 aromatic rings. The summed E-state index contributed by atoms with van der Waals surface area (Å²) < 4.78 is 0. The average molecular weight is 157 g/mol. The molecule has 0 heterocycles. The van der Waals surface area contributed by atoms with Gasteiger partial charge in [0, 0.05) is 0 Å². The van der Waals surface area contributed by atoms with E-state index in [0.29, 0.717) is 0 Å². The summed E-state index contributed by atoms with van der Waals surface area (Å²) in [6.45, 7) is 9.27. The summed E-state index contributed by atoms with van der Waals surface area (Å²) in [5.74, 6) is 0.917. The van der Waals surface area contributed by atoms with E-state index >= 15 is 0 Å². The first kappa shape index (κ1) is 11.0. The minimum absolute atomic E-state index is 0.917. The number of rotatable bonds is 6. The predicted octanol–water partition coefficient (Wildman–Crippen LogP) is 2.76. The maximum Gasteiger partial charge on any atom is -0.00218 e. The molecule has 0 spiro atoms. The van der Waals surface area contributed by atoms with E-state index < -0.39 is 0 Å². The fourth-order valence-corrected chi connectivity index (χ4v) is 1.07. The van der Waals surface area contributed by atoms with E-state index in [4.69, 9.17) is 0 Å². The molecule has 0 aromatic carbocycles. The third-order valence-corrected chi connectivity index (χ3v) is 2.47. The van der Waals surface area contributed by atoms with Gasteiger partial charge in [0.1, 0.15) is 0 Å². The van der Waals surface area contributed by atoms with Gasteiger partial charge in [-0.3, -0.25) is 0 Å². The van der Waals surface area contributed by atoms with Crippen molar-refractivity contribution in [3.63, 3.8) is 0 Å². The highest BCUT2D eigenvalue weighted by Crippen LogP contribution is 2.08. The highest BCUT2D eigenvalue weighted by Gasteiger charge is 1.99. The molecular formula is C10H23N. The second-order valence-corrected chi connectivity index (χ2v) is 3.55. The molecular weight excluding hydrogens is 134 g/mol. The van der Waals surface area contributed by atoms with Crippen molar-refractivity contribution >= 4 is 0 Å². The van der Waals surface area contributed by atoms with Crippen LogP contribution in [0.25, 0.3) is 0 Å². The molecule has 1 nitrogen and oxygen atoms in total. The lowest BCUT2D eigenvalue weighted by atomic mass is 10.0. The minimum atomic E-state index is 0.917. The Hall–Kier alpha value is -0.0400. The Morgan fingerprint density at radius 3 is 2.36 bits per heavy atom. The normalized spacial score (nSPS) is 13.9. The van der Waals surface area contributed by atoms with E-state index in [0.717, 1.165) is 5.92 Å². The maximum atomic E-state index is 2.38. The zero-order valence-electron chi connectivity index (χ0n) is 8.56. The van der Waals surface area contributed by atoms with Crippen LogP contribution in [0.2, 0.25) is 0 Å². The number of hydrogen-bond acceptors (Lipinski definition) is 1. The predicted molar refractivity (Wildman–Crippen MR) is 51.9 cm³/mol. The summed E-state index contributed by atoms with van der Waals surface area (Å²) in [6, 6.07) is 0. The Morgan fingerprint density at radius 1 is 1.27 bits per heavy atom. The topological polar surface area (TPSA) is 3.24 Å². The molecule has 0 bridgehead atoms. The van der Waals surface area contributed by atoms with Gasteiger partial charge < -0.3 is 4.90 Å². The van der Waals surface area contributed by atoms with E-state index in [1.165, 1.54) is 32.4 Å². The Balaban J connectivity index is 3.13. The molecule has 0 aromatic heterocycles. The van der Waals surface area contributed by atoms with E-state index in [2.05, 4.69) is 32.7 Å². The Labute approximate surface area is 71.8 Å². The van der Waals surface area contributed by atoms with Crippen LogP contribution in [-0.4, -0.2) is 25.0 Å². The van der Waals surface area contributed by atoms with Crippen LogP contribution < -0.4 is 0 Å². The number of nitrogens with zero attached hydrogens (tertiary/aromatic N) is 1. The van der Waals surface area contributed by atoms with Gasteiger partial charge in [-0.15, -0.1) is 0 Å². The molecule has 68 valence electrons. The molecule has 0 aliphatic heterocycles. The van der Waals surface area contributed by atoms with Gasteiger partial charge in [-0.1, -0.05) is 27.2 Å². The van der Waals surface area contributed by atoms with Gasteiger partial charge in [0.15, 0.2) is 0 Å². The zero-order chi connectivity index (χ0) is 8.69. The summed E-state index contributed by atoms with van der Waals surface area (Å²) in [4.78, 5) is 2.38. The van der Waals surface area contributed by atoms with Crippen molar-refractivity contribution in [1.29, 1.82) is 0 Å². The van der Waals surface area contributed by atoms with Gasteiger partial charge in [-0.25, -0.2) is 0 Å². The van der Waals surface area contributed by atoms with Crippen LogP contribution in [-0.2, 0) is 0 Å². The maximum absolute atomic E-state index is 2.38. The van der Waals surface area contributed by atoms with Gasteiger partial charge in [0.25, 0.3) is 0 Å². The highest BCUT2D eigenvalue weighted by molar-refractivity contribution is 4.53. The van der Waals surface area contributed by atoms with Crippen molar-refractivity contribution in [1.82, 2.24) is 4.90 Å². The summed E-state index contributed by atoms with van der Waals surface area (Å²) >= 11 is 0. The third-order valence-electron chi connectivity index (χ3n) is 2.47. The molecule has 0 rings (SSSR count). The lowest BCUT2D eigenvalue weighted by molar-refractivity contribution is 0.328. The SMILES string of the molecule is CC[C@@H](C)CCCN(C)CC. The third kappa shape index (κ3) is 6.36. The molecule has 1 heteroatoms. The smallest absolute Gasteiger partial charge is 0.00218 e. The second kappa shape index (κ2) is 6.66. The van der Waals surface area contributed by atoms with E-state index in [1.807, 2.05) is 0 Å². The molecule has 0 saturated heterocycles. The lowest BCUT2D eigenvalue weighted by Crippen LogP contribution is -2.19. The average Bonchev–Trinajstić information content (AvgIpc) is 2.04. The van der Waals surface area contributed by atoms with Gasteiger partial charge in [-0.2, -0.15) is 0 Å². The van der Waals surface area contributed by atoms with Crippen molar-refractivity contribution < 1.29 is 0 Å². The largest absolute Gasteiger partial charge is 0.307 e. The molecule has 0 aliphatic carbocycles. The van der Waals surface area contributed by atoms with Crippen LogP contribution in [0.5, 0.6) is 0 Å². The van der Waals surface area contributed by atoms with E-state index in [-0.39, 0.29) is 0 Å². The molecule has 11 heavy (non-hydrogen) atoms. The molecule has 0 N–H and O–H groups in total. The molecule has 0 unspecified atom stereocenters.